The van der Waals surface area contributed by atoms with Crippen LogP contribution >= 0.6 is 0 Å². The van der Waals surface area contributed by atoms with Crippen LogP contribution in [0.4, 0.5) is 0 Å². The Balaban J connectivity index is 1.98. The number of carbonyl (C=O) groups is 1. The summed E-state index contributed by atoms with van der Waals surface area (Å²) in [5, 5.41) is 15.8. The van der Waals surface area contributed by atoms with E-state index < -0.39 is 6.10 Å². The average Bonchev–Trinajstić information content (AvgIpc) is 2.50. The lowest BCUT2D eigenvalue weighted by molar-refractivity contribution is -0.122. The summed E-state index contributed by atoms with van der Waals surface area (Å²) < 4.78 is 10.4. The maximum Gasteiger partial charge on any atom is 0.224 e. The molecule has 2 atom stereocenters. The number of benzene rings is 1. The van der Waals surface area contributed by atoms with Crippen molar-refractivity contribution >= 4 is 5.91 Å². The predicted octanol–water partition coefficient (Wildman–Crippen LogP) is 0.0853. The van der Waals surface area contributed by atoms with Crippen LogP contribution in [-0.4, -0.2) is 50.5 Å². The highest BCUT2D eigenvalue weighted by Gasteiger charge is 2.24. The van der Waals surface area contributed by atoms with Crippen molar-refractivity contribution in [3.63, 3.8) is 0 Å². The summed E-state index contributed by atoms with van der Waals surface area (Å²) in [7, 11) is 3.15. The number of nitrogens with one attached hydrogen (secondary N) is 2. The summed E-state index contributed by atoms with van der Waals surface area (Å²) in [6.07, 6.45) is 0.400. The zero-order valence-corrected chi connectivity index (χ0v) is 12.4. The summed E-state index contributed by atoms with van der Waals surface area (Å²) in [5.41, 5.74) is 0.791. The first kappa shape index (κ1) is 15.6. The Labute approximate surface area is 124 Å². The molecule has 1 heterocycles. The monoisotopic (exact) mass is 294 g/mol. The minimum atomic E-state index is -0.541. The van der Waals surface area contributed by atoms with Gasteiger partial charge in [0.2, 0.25) is 5.91 Å². The first-order valence-electron chi connectivity index (χ1n) is 7.03. The molecule has 0 saturated carbocycles. The quantitative estimate of drug-likeness (QED) is 0.717. The second-order valence-corrected chi connectivity index (χ2v) is 5.09. The van der Waals surface area contributed by atoms with Crippen LogP contribution in [0.3, 0.4) is 0 Å². The molecular formula is C15H22N2O4. The van der Waals surface area contributed by atoms with Crippen LogP contribution < -0.4 is 20.1 Å². The van der Waals surface area contributed by atoms with Gasteiger partial charge in [0.1, 0.15) is 11.5 Å². The van der Waals surface area contributed by atoms with Gasteiger partial charge in [0.25, 0.3) is 0 Å². The van der Waals surface area contributed by atoms with Gasteiger partial charge in [-0.1, -0.05) is 6.07 Å². The van der Waals surface area contributed by atoms with E-state index >= 15 is 0 Å². The number of piperidine rings is 1. The lowest BCUT2D eigenvalue weighted by Gasteiger charge is -2.29. The molecule has 6 heteroatoms. The molecule has 1 saturated heterocycles. The van der Waals surface area contributed by atoms with Crippen LogP contribution in [0.1, 0.15) is 12.0 Å². The predicted molar refractivity (Wildman–Crippen MR) is 78.7 cm³/mol. The molecule has 1 aromatic carbocycles. The Hall–Kier alpha value is -1.79. The van der Waals surface area contributed by atoms with Crippen molar-refractivity contribution in [2.45, 2.75) is 25.0 Å². The molecule has 21 heavy (non-hydrogen) atoms. The van der Waals surface area contributed by atoms with Crippen LogP contribution in [0.2, 0.25) is 0 Å². The lowest BCUT2D eigenvalue weighted by Crippen LogP contribution is -2.52. The molecule has 0 aliphatic carbocycles. The number of aliphatic hydroxyl groups is 1. The third-order valence-corrected chi connectivity index (χ3v) is 3.64. The maximum absolute atomic E-state index is 12.1. The molecule has 116 valence electrons. The Morgan fingerprint density at radius 3 is 2.90 bits per heavy atom. The molecule has 1 aliphatic rings. The van der Waals surface area contributed by atoms with E-state index in [-0.39, 0.29) is 18.4 Å². The Kier molecular flexibility index (Phi) is 5.41. The number of rotatable bonds is 5. The highest BCUT2D eigenvalue weighted by Crippen LogP contribution is 2.25. The number of aliphatic hydroxyl groups excluding tert-OH is 1. The Morgan fingerprint density at radius 2 is 2.24 bits per heavy atom. The van der Waals surface area contributed by atoms with Crippen molar-refractivity contribution in [2.75, 3.05) is 27.3 Å². The topological polar surface area (TPSA) is 79.8 Å². The van der Waals surface area contributed by atoms with E-state index in [0.29, 0.717) is 18.0 Å². The van der Waals surface area contributed by atoms with Crippen molar-refractivity contribution in [3.8, 4) is 11.5 Å². The minimum absolute atomic E-state index is 0.121. The van der Waals surface area contributed by atoms with E-state index in [1.165, 1.54) is 0 Å². The van der Waals surface area contributed by atoms with Gasteiger partial charge in [0.05, 0.1) is 32.8 Å². The molecule has 0 radical (unpaired) electrons. The average molecular weight is 294 g/mol. The largest absolute Gasteiger partial charge is 0.497 e. The molecule has 0 bridgehead atoms. The second kappa shape index (κ2) is 7.28. The lowest BCUT2D eigenvalue weighted by atomic mass is 10.0. The van der Waals surface area contributed by atoms with Gasteiger partial charge in [0, 0.05) is 18.2 Å². The first-order valence-corrected chi connectivity index (χ1v) is 7.03. The molecule has 1 amide bonds. The Morgan fingerprint density at radius 1 is 1.43 bits per heavy atom. The fraction of sp³-hybridized carbons (Fsp3) is 0.533. The van der Waals surface area contributed by atoms with Gasteiger partial charge in [0.15, 0.2) is 0 Å². The van der Waals surface area contributed by atoms with Crippen molar-refractivity contribution in [1.29, 1.82) is 0 Å². The molecule has 0 aromatic heterocycles. The standard InChI is InChI=1S/C15H22N2O4/c1-20-11-4-3-10(14(8-11)21-2)7-15(19)17-12-5-6-16-9-13(12)18/h3-4,8,12-13,16,18H,5-7,9H2,1-2H3,(H,17,19)/t12-,13-/m1/s1. The van der Waals surface area contributed by atoms with Crippen LogP contribution in [-0.2, 0) is 11.2 Å². The fourth-order valence-corrected chi connectivity index (χ4v) is 2.44. The molecule has 6 nitrogen and oxygen atoms in total. The second-order valence-electron chi connectivity index (χ2n) is 5.09. The van der Waals surface area contributed by atoms with Crippen molar-refractivity contribution in [3.05, 3.63) is 23.8 Å². The molecule has 1 fully saturated rings. The fourth-order valence-electron chi connectivity index (χ4n) is 2.44. The number of hydrogen-bond acceptors (Lipinski definition) is 5. The number of ether oxygens (including phenoxy) is 2. The maximum atomic E-state index is 12.1. The van der Waals surface area contributed by atoms with Gasteiger partial charge in [-0.15, -0.1) is 0 Å². The molecule has 0 spiro atoms. The van der Waals surface area contributed by atoms with E-state index in [0.717, 1.165) is 18.5 Å². The third kappa shape index (κ3) is 4.09. The van der Waals surface area contributed by atoms with E-state index in [4.69, 9.17) is 9.47 Å². The highest BCUT2D eigenvalue weighted by atomic mass is 16.5. The number of amides is 1. The van der Waals surface area contributed by atoms with Crippen molar-refractivity contribution in [2.24, 2.45) is 0 Å². The molecule has 1 aliphatic heterocycles. The van der Waals surface area contributed by atoms with Gasteiger partial charge in [-0.3, -0.25) is 4.79 Å². The van der Waals surface area contributed by atoms with Crippen LogP contribution in [0, 0.1) is 0 Å². The molecule has 3 N–H and O–H groups in total. The van der Waals surface area contributed by atoms with E-state index in [1.807, 2.05) is 6.07 Å². The summed E-state index contributed by atoms with van der Waals surface area (Å²) in [5.74, 6) is 1.18. The van der Waals surface area contributed by atoms with Gasteiger partial charge in [-0.05, 0) is 19.0 Å². The van der Waals surface area contributed by atoms with Gasteiger partial charge >= 0.3 is 0 Å². The van der Waals surface area contributed by atoms with Gasteiger partial charge in [-0.25, -0.2) is 0 Å². The summed E-state index contributed by atoms with van der Waals surface area (Å²) in [6.45, 7) is 1.31. The zero-order valence-electron chi connectivity index (χ0n) is 12.4. The smallest absolute Gasteiger partial charge is 0.224 e. The normalized spacial score (nSPS) is 21.7. The van der Waals surface area contributed by atoms with Crippen molar-refractivity contribution < 1.29 is 19.4 Å². The van der Waals surface area contributed by atoms with E-state index in [1.54, 1.807) is 26.4 Å². The molecule has 2 rings (SSSR count). The molecular weight excluding hydrogens is 272 g/mol. The summed E-state index contributed by atoms with van der Waals surface area (Å²) in [4.78, 5) is 12.1. The summed E-state index contributed by atoms with van der Waals surface area (Å²) in [6, 6.07) is 5.17. The zero-order chi connectivity index (χ0) is 15.2. The SMILES string of the molecule is COc1ccc(CC(=O)N[C@@H]2CCNC[C@H]2O)c(OC)c1. The Bertz CT molecular complexity index is 493. The van der Waals surface area contributed by atoms with E-state index in [2.05, 4.69) is 10.6 Å². The van der Waals surface area contributed by atoms with Gasteiger partial charge in [-0.2, -0.15) is 0 Å². The minimum Gasteiger partial charge on any atom is -0.497 e. The van der Waals surface area contributed by atoms with Crippen LogP contribution in [0.25, 0.3) is 0 Å². The van der Waals surface area contributed by atoms with E-state index in [9.17, 15) is 9.90 Å². The number of hydrogen-bond donors (Lipinski definition) is 3. The number of carbonyl (C=O) groups excluding carboxylic acids is 1. The molecule has 0 unspecified atom stereocenters. The number of β-amino-alcohol motifs (C(OH)–C–C–N with tert-alkyl or cyclic N) is 1. The van der Waals surface area contributed by atoms with Gasteiger partial charge < -0.3 is 25.2 Å². The van der Waals surface area contributed by atoms with Crippen LogP contribution in [0.15, 0.2) is 18.2 Å². The summed E-state index contributed by atoms with van der Waals surface area (Å²) >= 11 is 0. The first-order chi connectivity index (χ1) is 10.1. The third-order valence-electron chi connectivity index (χ3n) is 3.64. The van der Waals surface area contributed by atoms with Crippen LogP contribution in [0.5, 0.6) is 11.5 Å². The highest BCUT2D eigenvalue weighted by molar-refractivity contribution is 5.79. The number of methoxy groups -OCH3 is 2. The molecule has 1 aromatic rings. The van der Waals surface area contributed by atoms with Crippen molar-refractivity contribution in [1.82, 2.24) is 10.6 Å².